The summed E-state index contributed by atoms with van der Waals surface area (Å²) < 4.78 is 8.89. The van der Waals surface area contributed by atoms with Crippen LogP contribution < -0.4 is 4.57 Å². The molecule has 7 rings (SSSR count). The number of furan rings is 1. The molecular formula is C32H23N2O+. The van der Waals surface area contributed by atoms with E-state index in [4.69, 9.17) is 9.40 Å². The fourth-order valence-electron chi connectivity index (χ4n) is 5.41. The number of aryl methyl sites for hydroxylation is 2. The van der Waals surface area contributed by atoms with Crippen LogP contribution in [0.5, 0.6) is 0 Å². The van der Waals surface area contributed by atoms with Crippen molar-refractivity contribution in [2.45, 2.75) is 6.92 Å². The van der Waals surface area contributed by atoms with E-state index < -0.39 is 0 Å². The molecule has 0 aliphatic heterocycles. The molecule has 3 heteroatoms. The van der Waals surface area contributed by atoms with Crippen molar-refractivity contribution in [2.75, 3.05) is 0 Å². The Morgan fingerprint density at radius 2 is 1.43 bits per heavy atom. The standard InChI is InChI=1S/C32H23N2O/c1-20-14-15-25-26-16-17-33-30(32(26)35-31(25)29(20)28-13-7-8-18-34(28)2)27-19-21-9-3-4-10-22(21)23-11-5-6-12-24(23)27/h3-19H,1-2H3/q+1. The molecule has 0 aliphatic carbocycles. The molecule has 0 bridgehead atoms. The van der Waals surface area contributed by atoms with E-state index in [2.05, 4.69) is 110 Å². The monoisotopic (exact) mass is 451 g/mol. The second-order valence-corrected chi connectivity index (χ2v) is 9.16. The average Bonchev–Trinajstić information content (AvgIpc) is 3.28. The van der Waals surface area contributed by atoms with Gasteiger partial charge in [-0.1, -0.05) is 60.7 Å². The second-order valence-electron chi connectivity index (χ2n) is 9.16. The number of fused-ring (bicyclic) bond motifs is 6. The number of hydrogen-bond donors (Lipinski definition) is 0. The van der Waals surface area contributed by atoms with Gasteiger partial charge in [0.2, 0.25) is 5.69 Å². The largest absolute Gasteiger partial charge is 0.453 e. The highest BCUT2D eigenvalue weighted by atomic mass is 16.3. The molecule has 0 saturated carbocycles. The zero-order chi connectivity index (χ0) is 23.5. The van der Waals surface area contributed by atoms with Crippen LogP contribution in [0.25, 0.3) is 66.0 Å². The molecule has 3 nitrogen and oxygen atoms in total. The Morgan fingerprint density at radius 3 is 2.29 bits per heavy atom. The van der Waals surface area contributed by atoms with Crippen molar-refractivity contribution < 1.29 is 8.98 Å². The van der Waals surface area contributed by atoms with Gasteiger partial charge in [0, 0.05) is 34.7 Å². The van der Waals surface area contributed by atoms with E-state index in [-0.39, 0.29) is 0 Å². The third-order valence-corrected chi connectivity index (χ3v) is 7.10. The predicted molar refractivity (Wildman–Crippen MR) is 143 cm³/mol. The molecule has 0 unspecified atom stereocenters. The van der Waals surface area contributed by atoms with Crippen molar-refractivity contribution in [3.63, 3.8) is 0 Å². The van der Waals surface area contributed by atoms with Crippen LogP contribution in [0.1, 0.15) is 5.56 Å². The van der Waals surface area contributed by atoms with E-state index in [1.165, 1.54) is 27.1 Å². The van der Waals surface area contributed by atoms with E-state index in [0.29, 0.717) is 0 Å². The van der Waals surface area contributed by atoms with Gasteiger partial charge in [-0.3, -0.25) is 4.98 Å². The molecule has 0 radical (unpaired) electrons. The van der Waals surface area contributed by atoms with Crippen LogP contribution in [0.2, 0.25) is 0 Å². The van der Waals surface area contributed by atoms with Crippen LogP contribution in [0, 0.1) is 6.92 Å². The quantitative estimate of drug-likeness (QED) is 0.199. The Labute approximate surface area is 202 Å². The SMILES string of the molecule is Cc1ccc2c(oc3c(-c4cc5ccccc5c5ccccc45)nccc32)c1-c1cccc[n+]1C. The topological polar surface area (TPSA) is 29.9 Å². The van der Waals surface area contributed by atoms with Gasteiger partial charge in [0.05, 0.1) is 5.56 Å². The number of rotatable bonds is 2. The zero-order valence-electron chi connectivity index (χ0n) is 19.6. The Bertz CT molecular complexity index is 1930. The fourth-order valence-corrected chi connectivity index (χ4v) is 5.41. The van der Waals surface area contributed by atoms with Crippen molar-refractivity contribution in [2.24, 2.45) is 7.05 Å². The van der Waals surface area contributed by atoms with Crippen LogP contribution in [-0.4, -0.2) is 4.98 Å². The second kappa shape index (κ2) is 7.51. The molecule has 0 fully saturated rings. The van der Waals surface area contributed by atoms with Crippen LogP contribution >= 0.6 is 0 Å². The fraction of sp³-hybridized carbons (Fsp3) is 0.0625. The van der Waals surface area contributed by atoms with Gasteiger partial charge in [0.1, 0.15) is 18.3 Å². The highest BCUT2D eigenvalue weighted by Gasteiger charge is 2.22. The Morgan fingerprint density at radius 1 is 0.686 bits per heavy atom. The summed E-state index contributed by atoms with van der Waals surface area (Å²) in [4.78, 5) is 4.87. The van der Waals surface area contributed by atoms with E-state index in [1.807, 2.05) is 12.3 Å². The molecule has 7 aromatic rings. The molecule has 0 aliphatic rings. The molecule has 0 atom stereocenters. The molecule has 4 aromatic carbocycles. The van der Waals surface area contributed by atoms with Crippen LogP contribution in [-0.2, 0) is 7.05 Å². The maximum atomic E-state index is 6.74. The lowest BCUT2D eigenvalue weighted by molar-refractivity contribution is -0.660. The summed E-state index contributed by atoms with van der Waals surface area (Å²) in [5.74, 6) is 0. The molecule has 0 amide bonds. The summed E-state index contributed by atoms with van der Waals surface area (Å²) in [6.07, 6.45) is 3.98. The van der Waals surface area contributed by atoms with E-state index >= 15 is 0 Å². The normalized spacial score (nSPS) is 11.7. The molecule has 3 heterocycles. The summed E-state index contributed by atoms with van der Waals surface area (Å²) in [6, 6.07) is 32.0. The molecule has 0 spiro atoms. The number of hydrogen-bond acceptors (Lipinski definition) is 2. The van der Waals surface area contributed by atoms with Crippen LogP contribution in [0.3, 0.4) is 0 Å². The maximum absolute atomic E-state index is 6.74. The molecule has 3 aromatic heterocycles. The third-order valence-electron chi connectivity index (χ3n) is 7.10. The Hall–Kier alpha value is -4.50. The van der Waals surface area contributed by atoms with Gasteiger partial charge < -0.3 is 4.42 Å². The first-order chi connectivity index (χ1) is 17.2. The van der Waals surface area contributed by atoms with Gasteiger partial charge in [-0.15, -0.1) is 0 Å². The van der Waals surface area contributed by atoms with E-state index in [0.717, 1.165) is 44.5 Å². The van der Waals surface area contributed by atoms with Gasteiger partial charge in [-0.05, 0) is 52.2 Å². The third kappa shape index (κ3) is 2.91. The van der Waals surface area contributed by atoms with Crippen molar-refractivity contribution in [3.05, 3.63) is 109 Å². The molecule has 0 saturated heterocycles. The average molecular weight is 452 g/mol. The van der Waals surface area contributed by atoms with Crippen molar-refractivity contribution >= 4 is 43.5 Å². The summed E-state index contributed by atoms with van der Waals surface area (Å²) in [7, 11) is 2.07. The highest BCUT2D eigenvalue weighted by Crippen LogP contribution is 2.42. The first-order valence-electron chi connectivity index (χ1n) is 11.9. The molecular weight excluding hydrogens is 428 g/mol. The predicted octanol–water partition coefficient (Wildman–Crippen LogP) is 7.75. The number of nitrogens with zero attached hydrogens (tertiary/aromatic N) is 2. The minimum atomic E-state index is 0.827. The Balaban J connectivity index is 1.60. The van der Waals surface area contributed by atoms with Crippen molar-refractivity contribution in [1.82, 2.24) is 4.98 Å². The van der Waals surface area contributed by atoms with Gasteiger partial charge in [0.25, 0.3) is 0 Å². The lowest BCUT2D eigenvalue weighted by Crippen LogP contribution is -2.30. The summed E-state index contributed by atoms with van der Waals surface area (Å²) in [5, 5.41) is 7.04. The first-order valence-corrected chi connectivity index (χ1v) is 11.9. The Kier molecular flexibility index (Phi) is 4.27. The molecule has 166 valence electrons. The summed E-state index contributed by atoms with van der Waals surface area (Å²) >= 11 is 0. The maximum Gasteiger partial charge on any atom is 0.216 e. The minimum Gasteiger partial charge on any atom is -0.453 e. The number of aromatic nitrogens is 2. The van der Waals surface area contributed by atoms with Crippen molar-refractivity contribution in [1.29, 1.82) is 0 Å². The number of pyridine rings is 2. The van der Waals surface area contributed by atoms with Crippen molar-refractivity contribution in [3.8, 4) is 22.5 Å². The smallest absolute Gasteiger partial charge is 0.216 e. The summed E-state index contributed by atoms with van der Waals surface area (Å²) in [5.41, 5.74) is 7.13. The molecule has 35 heavy (non-hydrogen) atoms. The van der Waals surface area contributed by atoms with Crippen LogP contribution in [0.4, 0.5) is 0 Å². The van der Waals surface area contributed by atoms with Gasteiger partial charge in [-0.2, -0.15) is 0 Å². The van der Waals surface area contributed by atoms with E-state index in [1.54, 1.807) is 0 Å². The van der Waals surface area contributed by atoms with E-state index in [9.17, 15) is 0 Å². The van der Waals surface area contributed by atoms with Gasteiger partial charge in [-0.25, -0.2) is 4.57 Å². The zero-order valence-corrected chi connectivity index (χ0v) is 19.6. The molecule has 0 N–H and O–H groups in total. The first kappa shape index (κ1) is 19.9. The van der Waals surface area contributed by atoms with Gasteiger partial charge in [0.15, 0.2) is 11.8 Å². The lowest BCUT2D eigenvalue weighted by atomic mass is 9.95. The number of benzene rings is 4. The van der Waals surface area contributed by atoms with Gasteiger partial charge >= 0.3 is 0 Å². The summed E-state index contributed by atoms with van der Waals surface area (Å²) in [6.45, 7) is 2.14. The minimum absolute atomic E-state index is 0.827. The highest BCUT2D eigenvalue weighted by molar-refractivity contribution is 6.18. The van der Waals surface area contributed by atoms with Crippen LogP contribution in [0.15, 0.2) is 108 Å². The lowest BCUT2D eigenvalue weighted by Gasteiger charge is -2.10.